The smallest absolute Gasteiger partial charge is 0.240 e. The van der Waals surface area contributed by atoms with Gasteiger partial charge in [0, 0.05) is 31.0 Å². The fourth-order valence-corrected chi connectivity index (χ4v) is 2.76. The SMILES string of the molecule is NCc1cc(S(=O)(=O)NCCn2cccn2)ccc1F. The summed E-state index contributed by atoms with van der Waals surface area (Å²) >= 11 is 0. The minimum atomic E-state index is -3.68. The summed E-state index contributed by atoms with van der Waals surface area (Å²) < 4.78 is 41.4. The monoisotopic (exact) mass is 298 g/mol. The van der Waals surface area contributed by atoms with Crippen molar-refractivity contribution in [3.63, 3.8) is 0 Å². The van der Waals surface area contributed by atoms with Crippen molar-refractivity contribution in [2.75, 3.05) is 6.54 Å². The highest BCUT2D eigenvalue weighted by atomic mass is 32.2. The van der Waals surface area contributed by atoms with Crippen LogP contribution in [0, 0.1) is 5.82 Å². The van der Waals surface area contributed by atoms with Crippen LogP contribution in [0.3, 0.4) is 0 Å². The Labute approximate surface area is 116 Å². The molecule has 0 aliphatic carbocycles. The van der Waals surface area contributed by atoms with Crippen LogP contribution in [0.15, 0.2) is 41.6 Å². The number of hydrogen-bond acceptors (Lipinski definition) is 4. The van der Waals surface area contributed by atoms with Gasteiger partial charge in [0.1, 0.15) is 5.82 Å². The number of hydrogen-bond donors (Lipinski definition) is 2. The molecular formula is C12H15FN4O2S. The van der Waals surface area contributed by atoms with Crippen molar-refractivity contribution in [1.29, 1.82) is 0 Å². The minimum Gasteiger partial charge on any atom is -0.326 e. The van der Waals surface area contributed by atoms with Gasteiger partial charge in [-0.1, -0.05) is 0 Å². The molecule has 108 valence electrons. The van der Waals surface area contributed by atoms with E-state index >= 15 is 0 Å². The fourth-order valence-electron chi connectivity index (χ4n) is 1.69. The minimum absolute atomic E-state index is 0.000171. The first-order chi connectivity index (χ1) is 9.53. The zero-order valence-corrected chi connectivity index (χ0v) is 11.5. The number of halogens is 1. The third kappa shape index (κ3) is 3.41. The quantitative estimate of drug-likeness (QED) is 0.810. The summed E-state index contributed by atoms with van der Waals surface area (Å²) in [7, 11) is -3.68. The largest absolute Gasteiger partial charge is 0.326 e. The molecule has 0 amide bonds. The van der Waals surface area contributed by atoms with E-state index < -0.39 is 15.8 Å². The molecule has 0 spiro atoms. The van der Waals surface area contributed by atoms with E-state index in [1.807, 2.05) is 0 Å². The Bertz CT molecular complexity index is 671. The Kier molecular flexibility index (Phi) is 4.48. The van der Waals surface area contributed by atoms with E-state index in [1.165, 1.54) is 12.1 Å². The van der Waals surface area contributed by atoms with Crippen LogP contribution >= 0.6 is 0 Å². The summed E-state index contributed by atoms with van der Waals surface area (Å²) in [6, 6.07) is 5.31. The van der Waals surface area contributed by atoms with Gasteiger partial charge in [0.25, 0.3) is 0 Å². The Balaban J connectivity index is 2.06. The van der Waals surface area contributed by atoms with Crippen molar-refractivity contribution in [1.82, 2.24) is 14.5 Å². The van der Waals surface area contributed by atoms with Gasteiger partial charge in [-0.2, -0.15) is 5.10 Å². The van der Waals surface area contributed by atoms with Gasteiger partial charge in [-0.3, -0.25) is 4.68 Å². The van der Waals surface area contributed by atoms with Gasteiger partial charge in [0.15, 0.2) is 0 Å². The molecule has 2 rings (SSSR count). The predicted molar refractivity (Wildman–Crippen MR) is 71.7 cm³/mol. The third-order valence-electron chi connectivity index (χ3n) is 2.74. The van der Waals surface area contributed by atoms with Gasteiger partial charge < -0.3 is 5.73 Å². The van der Waals surface area contributed by atoms with Gasteiger partial charge in [0.2, 0.25) is 10.0 Å². The molecule has 1 aromatic carbocycles. The van der Waals surface area contributed by atoms with Crippen LogP contribution in [-0.2, 0) is 23.1 Å². The van der Waals surface area contributed by atoms with Gasteiger partial charge in [0.05, 0.1) is 11.4 Å². The number of benzene rings is 1. The molecule has 0 aliphatic rings. The average molecular weight is 298 g/mol. The molecular weight excluding hydrogens is 283 g/mol. The van der Waals surface area contributed by atoms with Crippen LogP contribution in [0.4, 0.5) is 4.39 Å². The highest BCUT2D eigenvalue weighted by Gasteiger charge is 2.15. The van der Waals surface area contributed by atoms with Crippen molar-refractivity contribution < 1.29 is 12.8 Å². The first-order valence-electron chi connectivity index (χ1n) is 5.98. The molecule has 0 radical (unpaired) electrons. The lowest BCUT2D eigenvalue weighted by molar-refractivity contribution is 0.560. The highest BCUT2D eigenvalue weighted by Crippen LogP contribution is 2.14. The first-order valence-corrected chi connectivity index (χ1v) is 7.47. The molecule has 2 aromatic rings. The summed E-state index contributed by atoms with van der Waals surface area (Å²) in [5, 5.41) is 3.96. The molecule has 1 heterocycles. The van der Waals surface area contributed by atoms with Crippen LogP contribution in [0.1, 0.15) is 5.56 Å². The average Bonchev–Trinajstić information content (AvgIpc) is 2.92. The van der Waals surface area contributed by atoms with Crippen LogP contribution in [-0.4, -0.2) is 24.7 Å². The number of sulfonamides is 1. The molecule has 8 heteroatoms. The second-order valence-corrected chi connectivity index (χ2v) is 5.89. The molecule has 0 aliphatic heterocycles. The van der Waals surface area contributed by atoms with Crippen LogP contribution in [0.5, 0.6) is 0 Å². The number of nitrogens with two attached hydrogens (primary N) is 1. The van der Waals surface area contributed by atoms with Gasteiger partial charge in [-0.15, -0.1) is 0 Å². The third-order valence-corrected chi connectivity index (χ3v) is 4.20. The Morgan fingerprint density at radius 3 is 2.85 bits per heavy atom. The number of nitrogens with zero attached hydrogens (tertiary/aromatic N) is 2. The van der Waals surface area contributed by atoms with E-state index in [9.17, 15) is 12.8 Å². The lowest BCUT2D eigenvalue weighted by Crippen LogP contribution is -2.27. The topological polar surface area (TPSA) is 90.0 Å². The van der Waals surface area contributed by atoms with Crippen molar-refractivity contribution in [2.45, 2.75) is 18.0 Å². The molecule has 0 unspecified atom stereocenters. The van der Waals surface area contributed by atoms with Crippen LogP contribution in [0.25, 0.3) is 0 Å². The second kappa shape index (κ2) is 6.12. The lowest BCUT2D eigenvalue weighted by Gasteiger charge is -2.08. The predicted octanol–water partition coefficient (Wildman–Crippen LogP) is 0.459. The van der Waals surface area contributed by atoms with E-state index in [0.717, 1.165) is 6.07 Å². The molecule has 6 nitrogen and oxygen atoms in total. The molecule has 3 N–H and O–H groups in total. The lowest BCUT2D eigenvalue weighted by atomic mass is 10.2. The summed E-state index contributed by atoms with van der Waals surface area (Å²) in [6.45, 7) is 0.555. The summed E-state index contributed by atoms with van der Waals surface area (Å²) in [5.74, 6) is -0.511. The van der Waals surface area contributed by atoms with Gasteiger partial charge >= 0.3 is 0 Å². The van der Waals surface area contributed by atoms with E-state index in [1.54, 1.807) is 23.1 Å². The number of nitrogens with one attached hydrogen (secondary N) is 1. The fraction of sp³-hybridized carbons (Fsp3) is 0.250. The van der Waals surface area contributed by atoms with E-state index in [2.05, 4.69) is 9.82 Å². The van der Waals surface area contributed by atoms with Crippen molar-refractivity contribution in [3.05, 3.63) is 48.0 Å². The molecule has 0 atom stereocenters. The Morgan fingerprint density at radius 1 is 1.40 bits per heavy atom. The Hall–Kier alpha value is -1.77. The highest BCUT2D eigenvalue weighted by molar-refractivity contribution is 7.89. The molecule has 0 fully saturated rings. The molecule has 1 aromatic heterocycles. The first kappa shape index (κ1) is 14.6. The molecule has 0 saturated heterocycles. The van der Waals surface area contributed by atoms with Gasteiger partial charge in [-0.25, -0.2) is 17.5 Å². The Morgan fingerprint density at radius 2 is 2.20 bits per heavy atom. The maximum absolute atomic E-state index is 13.3. The maximum atomic E-state index is 13.3. The van der Waals surface area contributed by atoms with Crippen LogP contribution in [0.2, 0.25) is 0 Å². The summed E-state index contributed by atoms with van der Waals surface area (Å²) in [6.07, 6.45) is 3.35. The van der Waals surface area contributed by atoms with E-state index in [-0.39, 0.29) is 23.5 Å². The number of rotatable bonds is 6. The van der Waals surface area contributed by atoms with Crippen molar-refractivity contribution in [2.24, 2.45) is 5.73 Å². The maximum Gasteiger partial charge on any atom is 0.240 e. The van der Waals surface area contributed by atoms with E-state index in [0.29, 0.717) is 6.54 Å². The molecule has 20 heavy (non-hydrogen) atoms. The second-order valence-electron chi connectivity index (χ2n) is 4.12. The molecule has 0 bridgehead atoms. The van der Waals surface area contributed by atoms with Crippen LogP contribution < -0.4 is 10.5 Å². The van der Waals surface area contributed by atoms with Gasteiger partial charge in [-0.05, 0) is 24.3 Å². The number of aromatic nitrogens is 2. The zero-order valence-electron chi connectivity index (χ0n) is 10.7. The normalized spacial score (nSPS) is 11.7. The summed E-state index contributed by atoms with van der Waals surface area (Å²) in [4.78, 5) is -0.000171. The van der Waals surface area contributed by atoms with E-state index in [4.69, 9.17) is 5.73 Å². The molecule has 0 saturated carbocycles. The standard InChI is InChI=1S/C12H15FN4O2S/c13-12-3-2-11(8-10(12)9-14)20(18,19)16-5-7-17-6-1-4-15-17/h1-4,6,8,16H,5,7,9,14H2. The van der Waals surface area contributed by atoms with Crippen molar-refractivity contribution >= 4 is 10.0 Å². The van der Waals surface area contributed by atoms with Crippen molar-refractivity contribution in [3.8, 4) is 0 Å². The summed E-state index contributed by atoms with van der Waals surface area (Å²) in [5.41, 5.74) is 5.53. The zero-order chi connectivity index (χ0) is 14.6.